The van der Waals surface area contributed by atoms with E-state index in [1.54, 1.807) is 0 Å². The number of carbonyl (C=O) groups excluding carboxylic acids is 2. The molecule has 2 rings (SSSR count). The van der Waals surface area contributed by atoms with Crippen molar-refractivity contribution in [3.63, 3.8) is 0 Å². The van der Waals surface area contributed by atoms with Crippen LogP contribution in [0.15, 0.2) is 60.7 Å². The molecule has 27 heavy (non-hydrogen) atoms. The molecule has 2 amide bonds. The maximum absolute atomic E-state index is 12.5. The summed E-state index contributed by atoms with van der Waals surface area (Å²) in [6.45, 7) is -0.518. The Morgan fingerprint density at radius 1 is 0.852 bits per heavy atom. The Labute approximate surface area is 157 Å². The molecule has 2 aromatic rings. The molecular formula is C20H23N3O4. The Morgan fingerprint density at radius 2 is 1.37 bits per heavy atom. The molecule has 0 heterocycles. The number of nitrogens with one attached hydrogen (secondary N) is 2. The van der Waals surface area contributed by atoms with Crippen LogP contribution in [0.1, 0.15) is 11.1 Å². The largest absolute Gasteiger partial charge is 0.480 e. The minimum atomic E-state index is -1.16. The molecule has 0 bridgehead atoms. The van der Waals surface area contributed by atoms with Gasteiger partial charge in [0.25, 0.3) is 0 Å². The number of hydrogen-bond acceptors (Lipinski definition) is 4. The average molecular weight is 369 g/mol. The normalized spacial score (nSPS) is 12.6. The van der Waals surface area contributed by atoms with Gasteiger partial charge in [0.15, 0.2) is 0 Å². The van der Waals surface area contributed by atoms with Gasteiger partial charge in [-0.2, -0.15) is 0 Å². The van der Waals surface area contributed by atoms with E-state index in [-0.39, 0.29) is 6.42 Å². The van der Waals surface area contributed by atoms with Crippen molar-refractivity contribution in [1.82, 2.24) is 10.6 Å². The lowest BCUT2D eigenvalue weighted by atomic mass is 10.0. The zero-order valence-corrected chi connectivity index (χ0v) is 14.8. The molecule has 2 atom stereocenters. The third kappa shape index (κ3) is 6.91. The lowest BCUT2D eigenvalue weighted by Gasteiger charge is -2.20. The van der Waals surface area contributed by atoms with Crippen molar-refractivity contribution < 1.29 is 19.5 Å². The van der Waals surface area contributed by atoms with E-state index in [1.165, 1.54) is 0 Å². The molecule has 0 aliphatic heterocycles. The Balaban J connectivity index is 2.03. The summed E-state index contributed by atoms with van der Waals surface area (Å²) >= 11 is 0. The van der Waals surface area contributed by atoms with Crippen molar-refractivity contribution in [3.05, 3.63) is 71.8 Å². The summed E-state index contributed by atoms with van der Waals surface area (Å²) in [4.78, 5) is 35.5. The minimum Gasteiger partial charge on any atom is -0.480 e. The molecule has 7 nitrogen and oxygen atoms in total. The summed E-state index contributed by atoms with van der Waals surface area (Å²) in [7, 11) is 0. The SMILES string of the molecule is NC(Cc1ccccc1)C(=O)NC(Cc1ccccc1)C(=O)NCC(=O)O. The quantitative estimate of drug-likeness (QED) is 0.512. The van der Waals surface area contributed by atoms with E-state index >= 15 is 0 Å². The van der Waals surface area contributed by atoms with Gasteiger partial charge in [-0.25, -0.2) is 0 Å². The van der Waals surface area contributed by atoms with E-state index in [9.17, 15) is 14.4 Å². The van der Waals surface area contributed by atoms with Crippen LogP contribution in [0.4, 0.5) is 0 Å². The first-order chi connectivity index (χ1) is 13.0. The summed E-state index contributed by atoms with van der Waals surface area (Å²) in [5.41, 5.74) is 7.73. The van der Waals surface area contributed by atoms with Crippen LogP contribution in [0.5, 0.6) is 0 Å². The second-order valence-corrected chi connectivity index (χ2v) is 6.16. The van der Waals surface area contributed by atoms with Crippen LogP contribution in [0.2, 0.25) is 0 Å². The van der Waals surface area contributed by atoms with Crippen molar-refractivity contribution in [2.24, 2.45) is 5.73 Å². The molecule has 2 unspecified atom stereocenters. The van der Waals surface area contributed by atoms with Gasteiger partial charge in [-0.3, -0.25) is 14.4 Å². The van der Waals surface area contributed by atoms with Crippen molar-refractivity contribution >= 4 is 17.8 Å². The first kappa shape index (κ1) is 20.1. The number of carboxylic acid groups (broad SMARTS) is 1. The zero-order valence-electron chi connectivity index (χ0n) is 14.8. The van der Waals surface area contributed by atoms with Crippen LogP contribution in [0.3, 0.4) is 0 Å². The number of carboxylic acids is 1. The molecule has 0 radical (unpaired) electrons. The van der Waals surface area contributed by atoms with E-state index in [2.05, 4.69) is 10.6 Å². The summed E-state index contributed by atoms with van der Waals surface area (Å²) in [5.74, 6) is -2.19. The van der Waals surface area contributed by atoms with Crippen LogP contribution in [-0.2, 0) is 27.2 Å². The highest BCUT2D eigenvalue weighted by Crippen LogP contribution is 2.06. The average Bonchev–Trinajstić information content (AvgIpc) is 2.67. The van der Waals surface area contributed by atoms with E-state index in [0.717, 1.165) is 11.1 Å². The number of carbonyl (C=O) groups is 3. The second kappa shape index (κ2) is 10.1. The number of amides is 2. The van der Waals surface area contributed by atoms with Gasteiger partial charge in [-0.15, -0.1) is 0 Å². The maximum Gasteiger partial charge on any atom is 0.322 e. The van der Waals surface area contributed by atoms with E-state index < -0.39 is 36.4 Å². The van der Waals surface area contributed by atoms with Gasteiger partial charge in [0.1, 0.15) is 12.6 Å². The van der Waals surface area contributed by atoms with E-state index in [4.69, 9.17) is 10.8 Å². The lowest BCUT2D eigenvalue weighted by molar-refractivity contribution is -0.138. The highest BCUT2D eigenvalue weighted by molar-refractivity contribution is 5.91. The van der Waals surface area contributed by atoms with Crippen LogP contribution < -0.4 is 16.4 Å². The monoisotopic (exact) mass is 369 g/mol. The number of hydrogen-bond donors (Lipinski definition) is 4. The van der Waals surface area contributed by atoms with Crippen molar-refractivity contribution in [2.45, 2.75) is 24.9 Å². The highest BCUT2D eigenvalue weighted by Gasteiger charge is 2.24. The van der Waals surface area contributed by atoms with E-state index in [0.29, 0.717) is 6.42 Å². The molecule has 0 aliphatic rings. The number of aliphatic carboxylic acids is 1. The zero-order chi connectivity index (χ0) is 19.6. The van der Waals surface area contributed by atoms with Crippen LogP contribution in [0, 0.1) is 0 Å². The molecule has 0 aromatic heterocycles. The van der Waals surface area contributed by atoms with Crippen molar-refractivity contribution in [3.8, 4) is 0 Å². The fourth-order valence-electron chi connectivity index (χ4n) is 2.58. The number of nitrogens with two attached hydrogens (primary N) is 1. The molecule has 0 saturated heterocycles. The number of rotatable bonds is 9. The fraction of sp³-hybridized carbons (Fsp3) is 0.250. The van der Waals surface area contributed by atoms with Crippen molar-refractivity contribution in [1.29, 1.82) is 0 Å². The van der Waals surface area contributed by atoms with Crippen LogP contribution in [0.25, 0.3) is 0 Å². The van der Waals surface area contributed by atoms with Gasteiger partial charge in [0.05, 0.1) is 6.04 Å². The smallest absolute Gasteiger partial charge is 0.322 e. The minimum absolute atomic E-state index is 0.232. The third-order valence-corrected chi connectivity index (χ3v) is 3.96. The first-order valence-corrected chi connectivity index (χ1v) is 8.59. The first-order valence-electron chi connectivity index (χ1n) is 8.59. The summed E-state index contributed by atoms with van der Waals surface area (Å²) in [6, 6.07) is 16.7. The van der Waals surface area contributed by atoms with Crippen molar-refractivity contribution in [2.75, 3.05) is 6.54 Å². The van der Waals surface area contributed by atoms with Gasteiger partial charge in [-0.1, -0.05) is 60.7 Å². The Morgan fingerprint density at radius 3 is 1.89 bits per heavy atom. The predicted molar refractivity (Wildman–Crippen MR) is 101 cm³/mol. The predicted octanol–water partition coefficient (Wildman–Crippen LogP) is 0.485. The summed E-state index contributed by atoms with van der Waals surface area (Å²) < 4.78 is 0. The van der Waals surface area contributed by atoms with Gasteiger partial charge in [0.2, 0.25) is 11.8 Å². The van der Waals surface area contributed by atoms with E-state index in [1.807, 2.05) is 60.7 Å². The fourth-order valence-corrected chi connectivity index (χ4v) is 2.58. The molecule has 2 aromatic carbocycles. The summed E-state index contributed by atoms with van der Waals surface area (Å²) in [5, 5.41) is 13.7. The third-order valence-electron chi connectivity index (χ3n) is 3.96. The van der Waals surface area contributed by atoms with Gasteiger partial charge >= 0.3 is 5.97 Å². The van der Waals surface area contributed by atoms with Crippen LogP contribution >= 0.6 is 0 Å². The standard InChI is InChI=1S/C20H23N3O4/c21-16(11-14-7-3-1-4-8-14)19(26)23-17(20(27)22-13-18(24)25)12-15-9-5-2-6-10-15/h1-10,16-17H,11-13,21H2,(H,22,27)(H,23,26)(H,24,25). The Hall–Kier alpha value is -3.19. The number of benzene rings is 2. The summed E-state index contributed by atoms with van der Waals surface area (Å²) in [6.07, 6.45) is 0.567. The Bertz CT molecular complexity index is 765. The van der Waals surface area contributed by atoms with Gasteiger partial charge in [0, 0.05) is 6.42 Å². The molecule has 7 heteroatoms. The highest BCUT2D eigenvalue weighted by atomic mass is 16.4. The molecule has 142 valence electrons. The molecule has 0 spiro atoms. The second-order valence-electron chi connectivity index (χ2n) is 6.16. The molecular weight excluding hydrogens is 346 g/mol. The lowest BCUT2D eigenvalue weighted by Crippen LogP contribution is -2.53. The van der Waals surface area contributed by atoms with Crippen LogP contribution in [-0.4, -0.2) is 41.5 Å². The van der Waals surface area contributed by atoms with Gasteiger partial charge in [-0.05, 0) is 17.5 Å². The molecule has 0 aliphatic carbocycles. The topological polar surface area (TPSA) is 122 Å². The molecule has 0 fully saturated rings. The Kier molecular flexibility index (Phi) is 7.51. The maximum atomic E-state index is 12.5. The van der Waals surface area contributed by atoms with Gasteiger partial charge < -0.3 is 21.5 Å². The molecule has 0 saturated carbocycles. The molecule has 5 N–H and O–H groups in total.